The molecule has 2 aromatic carbocycles. The van der Waals surface area contributed by atoms with Crippen LogP contribution in [0.4, 0.5) is 4.39 Å². The molecule has 0 aliphatic heterocycles. The molecule has 28 heavy (non-hydrogen) atoms. The maximum absolute atomic E-state index is 13.8. The largest absolute Gasteiger partial charge is 0.465 e. The first-order valence-electron chi connectivity index (χ1n) is 9.26. The van der Waals surface area contributed by atoms with Crippen LogP contribution in [0, 0.1) is 19.7 Å². The second-order valence-electron chi connectivity index (χ2n) is 6.91. The van der Waals surface area contributed by atoms with Crippen LogP contribution in [0.3, 0.4) is 0 Å². The average Bonchev–Trinajstić information content (AvgIpc) is 3.28. The van der Waals surface area contributed by atoms with E-state index in [4.69, 9.17) is 9.52 Å². The molecule has 0 amide bonds. The van der Waals surface area contributed by atoms with E-state index >= 15 is 0 Å². The van der Waals surface area contributed by atoms with E-state index in [-0.39, 0.29) is 5.82 Å². The molecule has 0 saturated heterocycles. The molecule has 4 aromatic rings. The molecule has 4 rings (SSSR count). The summed E-state index contributed by atoms with van der Waals surface area (Å²) in [5.74, 6) is 1.51. The predicted octanol–water partition coefficient (Wildman–Crippen LogP) is 5.18. The van der Waals surface area contributed by atoms with E-state index in [2.05, 4.69) is 11.4 Å². The van der Waals surface area contributed by atoms with Crippen molar-refractivity contribution in [3.8, 4) is 16.9 Å². The molecule has 2 aromatic heterocycles. The number of hydrogen-bond acceptors (Lipinski definition) is 3. The first-order valence-corrected chi connectivity index (χ1v) is 9.26. The molecule has 4 nitrogen and oxygen atoms in total. The van der Waals surface area contributed by atoms with Crippen LogP contribution < -0.4 is 5.32 Å². The highest BCUT2D eigenvalue weighted by Gasteiger charge is 2.13. The Bertz CT molecular complexity index is 1100. The van der Waals surface area contributed by atoms with E-state index in [1.807, 2.05) is 61.1 Å². The lowest BCUT2D eigenvalue weighted by Gasteiger charge is -2.04. The number of aromatic nitrogens is 2. The quantitative estimate of drug-likeness (QED) is 0.505. The van der Waals surface area contributed by atoms with Crippen LogP contribution in [0.5, 0.6) is 0 Å². The van der Waals surface area contributed by atoms with Crippen molar-refractivity contribution in [1.29, 1.82) is 0 Å². The zero-order valence-electron chi connectivity index (χ0n) is 15.9. The highest BCUT2D eigenvalue weighted by Crippen LogP contribution is 2.25. The molecule has 0 aliphatic rings. The van der Waals surface area contributed by atoms with Crippen molar-refractivity contribution in [3.05, 3.63) is 95.3 Å². The first-order chi connectivity index (χ1) is 13.6. The summed E-state index contributed by atoms with van der Waals surface area (Å²) in [7, 11) is 0. The van der Waals surface area contributed by atoms with Crippen molar-refractivity contribution < 1.29 is 8.81 Å². The van der Waals surface area contributed by atoms with Crippen molar-refractivity contribution in [2.24, 2.45) is 0 Å². The number of hydrogen-bond donors (Lipinski definition) is 1. The third kappa shape index (κ3) is 4.05. The molecule has 5 heteroatoms. The molecule has 0 spiro atoms. The van der Waals surface area contributed by atoms with Crippen LogP contribution in [-0.2, 0) is 13.1 Å². The Morgan fingerprint density at radius 1 is 1.00 bits per heavy atom. The number of halogens is 1. The molecule has 0 atom stereocenters. The molecule has 0 aliphatic carbocycles. The molecular formula is C23H22FN3O. The summed E-state index contributed by atoms with van der Waals surface area (Å²) in [6.07, 6.45) is 2.00. The van der Waals surface area contributed by atoms with E-state index in [0.717, 1.165) is 39.6 Å². The number of benzene rings is 2. The Morgan fingerprint density at radius 2 is 1.86 bits per heavy atom. The summed E-state index contributed by atoms with van der Waals surface area (Å²) >= 11 is 0. The molecule has 2 heterocycles. The van der Waals surface area contributed by atoms with E-state index < -0.39 is 0 Å². The molecule has 0 saturated carbocycles. The minimum absolute atomic E-state index is 0.271. The van der Waals surface area contributed by atoms with E-state index in [1.54, 1.807) is 6.07 Å². The van der Waals surface area contributed by atoms with E-state index in [0.29, 0.717) is 13.1 Å². The predicted molar refractivity (Wildman–Crippen MR) is 108 cm³/mol. The van der Waals surface area contributed by atoms with Gasteiger partial charge in [0.1, 0.15) is 17.3 Å². The summed E-state index contributed by atoms with van der Waals surface area (Å²) in [5.41, 5.74) is 4.66. The standard InChI is InChI=1S/C23H22FN3O/c1-16-5-3-8-21(11-16)27-15-19(13-25-14-22-10-9-17(2)28-22)23(26-27)18-6-4-7-20(24)12-18/h3-12,15,25H,13-14H2,1-2H3. The van der Waals surface area contributed by atoms with Crippen molar-refractivity contribution in [2.45, 2.75) is 26.9 Å². The van der Waals surface area contributed by atoms with Crippen LogP contribution in [-0.4, -0.2) is 9.78 Å². The topological polar surface area (TPSA) is 43.0 Å². The average molecular weight is 375 g/mol. The van der Waals surface area contributed by atoms with Crippen molar-refractivity contribution in [3.63, 3.8) is 0 Å². The minimum atomic E-state index is -0.271. The summed E-state index contributed by atoms with van der Waals surface area (Å²) in [5, 5.41) is 8.14. The minimum Gasteiger partial charge on any atom is -0.465 e. The fourth-order valence-electron chi connectivity index (χ4n) is 3.22. The number of aryl methyl sites for hydroxylation is 2. The number of rotatable bonds is 6. The van der Waals surface area contributed by atoms with Gasteiger partial charge in [0.25, 0.3) is 0 Å². The third-order valence-corrected chi connectivity index (χ3v) is 4.56. The van der Waals surface area contributed by atoms with Gasteiger partial charge in [0.05, 0.1) is 17.9 Å². The van der Waals surface area contributed by atoms with Gasteiger partial charge < -0.3 is 9.73 Å². The van der Waals surface area contributed by atoms with Gasteiger partial charge >= 0.3 is 0 Å². The maximum Gasteiger partial charge on any atom is 0.123 e. The third-order valence-electron chi connectivity index (χ3n) is 4.56. The molecule has 0 radical (unpaired) electrons. The Labute approximate surface area is 163 Å². The summed E-state index contributed by atoms with van der Waals surface area (Å²) in [6.45, 7) is 5.19. The molecule has 0 fully saturated rings. The number of nitrogens with zero attached hydrogens (tertiary/aromatic N) is 2. The van der Waals surface area contributed by atoms with Gasteiger partial charge in [-0.1, -0.05) is 24.3 Å². The van der Waals surface area contributed by atoms with Crippen LogP contribution in [0.25, 0.3) is 16.9 Å². The fourth-order valence-corrected chi connectivity index (χ4v) is 3.22. The van der Waals surface area contributed by atoms with Crippen LogP contribution >= 0.6 is 0 Å². The van der Waals surface area contributed by atoms with Crippen molar-refractivity contribution in [2.75, 3.05) is 0 Å². The number of furan rings is 1. The molecule has 0 unspecified atom stereocenters. The summed E-state index contributed by atoms with van der Waals surface area (Å²) in [6, 6.07) is 18.6. The lowest BCUT2D eigenvalue weighted by atomic mass is 10.1. The lowest BCUT2D eigenvalue weighted by molar-refractivity contribution is 0.462. The molecule has 1 N–H and O–H groups in total. The van der Waals surface area contributed by atoms with Crippen LogP contribution in [0.2, 0.25) is 0 Å². The lowest BCUT2D eigenvalue weighted by Crippen LogP contribution is -2.12. The van der Waals surface area contributed by atoms with Gasteiger partial charge in [-0.3, -0.25) is 0 Å². The Morgan fingerprint density at radius 3 is 2.61 bits per heavy atom. The van der Waals surface area contributed by atoms with Crippen molar-refractivity contribution in [1.82, 2.24) is 15.1 Å². The summed E-state index contributed by atoms with van der Waals surface area (Å²) in [4.78, 5) is 0. The van der Waals surface area contributed by atoms with Crippen LogP contribution in [0.15, 0.2) is 71.3 Å². The highest BCUT2D eigenvalue weighted by atomic mass is 19.1. The number of nitrogens with one attached hydrogen (secondary N) is 1. The van der Waals surface area contributed by atoms with Crippen LogP contribution in [0.1, 0.15) is 22.6 Å². The zero-order valence-corrected chi connectivity index (χ0v) is 15.9. The molecular weight excluding hydrogens is 353 g/mol. The normalized spacial score (nSPS) is 11.1. The van der Waals surface area contributed by atoms with Gasteiger partial charge in [0, 0.05) is 23.9 Å². The summed E-state index contributed by atoms with van der Waals surface area (Å²) < 4.78 is 21.2. The van der Waals surface area contributed by atoms with Gasteiger partial charge in [-0.2, -0.15) is 5.10 Å². The Kier molecular flexibility index (Phi) is 5.08. The Hall–Kier alpha value is -3.18. The van der Waals surface area contributed by atoms with Gasteiger partial charge in [0.2, 0.25) is 0 Å². The van der Waals surface area contributed by atoms with Gasteiger partial charge in [-0.25, -0.2) is 9.07 Å². The SMILES string of the molecule is Cc1cccc(-n2cc(CNCc3ccc(C)o3)c(-c3cccc(F)c3)n2)c1. The maximum atomic E-state index is 13.8. The highest BCUT2D eigenvalue weighted by molar-refractivity contribution is 5.63. The van der Waals surface area contributed by atoms with Crippen molar-refractivity contribution >= 4 is 0 Å². The second kappa shape index (κ2) is 7.82. The van der Waals surface area contributed by atoms with E-state index in [1.165, 1.54) is 12.1 Å². The monoisotopic (exact) mass is 375 g/mol. The molecule has 142 valence electrons. The second-order valence-corrected chi connectivity index (χ2v) is 6.91. The first kappa shape index (κ1) is 18.2. The Balaban J connectivity index is 1.64. The zero-order chi connectivity index (χ0) is 19.5. The molecule has 0 bridgehead atoms. The van der Waals surface area contributed by atoms with Gasteiger partial charge in [-0.15, -0.1) is 0 Å². The smallest absolute Gasteiger partial charge is 0.123 e. The fraction of sp³-hybridized carbons (Fsp3) is 0.174. The van der Waals surface area contributed by atoms with Gasteiger partial charge in [-0.05, 0) is 55.8 Å². The van der Waals surface area contributed by atoms with Gasteiger partial charge in [0.15, 0.2) is 0 Å². The van der Waals surface area contributed by atoms with E-state index in [9.17, 15) is 4.39 Å².